The van der Waals surface area contributed by atoms with E-state index in [2.05, 4.69) is 5.32 Å². The molecule has 0 aliphatic rings. The molecule has 0 saturated carbocycles. The van der Waals surface area contributed by atoms with Crippen molar-refractivity contribution in [1.82, 2.24) is 5.32 Å². The van der Waals surface area contributed by atoms with Gasteiger partial charge in [-0.15, -0.1) is 0 Å². The van der Waals surface area contributed by atoms with Gasteiger partial charge in [0.2, 0.25) is 5.78 Å². The molecule has 29 heavy (non-hydrogen) atoms. The number of benzene rings is 2. The Morgan fingerprint density at radius 1 is 0.966 bits per heavy atom. The molecule has 0 aromatic heterocycles. The number of ketones is 1. The minimum absolute atomic E-state index is 0.0362. The lowest BCUT2D eigenvalue weighted by Gasteiger charge is -2.13. The molecule has 8 heteroatoms. The molecule has 5 nitrogen and oxygen atoms in total. The van der Waals surface area contributed by atoms with Gasteiger partial charge >= 0.3 is 12.1 Å². The zero-order valence-corrected chi connectivity index (χ0v) is 15.9. The molecule has 0 radical (unpaired) electrons. The Labute approximate surface area is 165 Å². The summed E-state index contributed by atoms with van der Waals surface area (Å²) in [5.74, 6) is -1.95. The Morgan fingerprint density at radius 3 is 2.03 bits per heavy atom. The van der Waals surface area contributed by atoms with Gasteiger partial charge in [0.1, 0.15) is 6.54 Å². The van der Waals surface area contributed by atoms with Gasteiger partial charge in [0.15, 0.2) is 6.10 Å². The fraction of sp³-hybridized carbons (Fsp3) is 0.286. The van der Waals surface area contributed by atoms with Crippen LogP contribution in [0.4, 0.5) is 13.2 Å². The number of nitrogens with one attached hydrogen (secondary N) is 1. The fourth-order valence-corrected chi connectivity index (χ4v) is 2.50. The third-order valence-electron chi connectivity index (χ3n) is 4.19. The van der Waals surface area contributed by atoms with Crippen molar-refractivity contribution in [2.75, 3.05) is 6.54 Å². The van der Waals surface area contributed by atoms with Crippen LogP contribution in [0, 0.1) is 0 Å². The van der Waals surface area contributed by atoms with E-state index in [9.17, 15) is 27.6 Å². The summed E-state index contributed by atoms with van der Waals surface area (Å²) in [4.78, 5) is 36.1. The van der Waals surface area contributed by atoms with Gasteiger partial charge in [-0.1, -0.05) is 31.2 Å². The van der Waals surface area contributed by atoms with Gasteiger partial charge < -0.3 is 10.1 Å². The van der Waals surface area contributed by atoms with Gasteiger partial charge in [0, 0.05) is 11.1 Å². The maximum Gasteiger partial charge on any atom is 0.416 e. The van der Waals surface area contributed by atoms with E-state index < -0.39 is 36.3 Å². The Hall–Kier alpha value is -3.16. The van der Waals surface area contributed by atoms with Gasteiger partial charge in [0.25, 0.3) is 5.91 Å². The van der Waals surface area contributed by atoms with E-state index in [1.54, 1.807) is 12.1 Å². The molecule has 2 rings (SSSR count). The number of hydrogen-bond donors (Lipinski definition) is 1. The van der Waals surface area contributed by atoms with Crippen molar-refractivity contribution in [3.8, 4) is 0 Å². The molecule has 0 aliphatic carbocycles. The molecule has 0 fully saturated rings. The summed E-state index contributed by atoms with van der Waals surface area (Å²) in [5, 5.41) is 2.25. The first kappa shape index (κ1) is 22.1. The average molecular weight is 407 g/mol. The van der Waals surface area contributed by atoms with Crippen LogP contribution in [0.25, 0.3) is 0 Å². The van der Waals surface area contributed by atoms with Crippen LogP contribution in [0.2, 0.25) is 0 Å². The van der Waals surface area contributed by atoms with Crippen LogP contribution in [-0.2, 0) is 22.1 Å². The molecule has 1 atom stereocenters. The summed E-state index contributed by atoms with van der Waals surface area (Å²) < 4.78 is 42.6. The predicted octanol–water partition coefficient (Wildman–Crippen LogP) is 3.81. The average Bonchev–Trinajstić information content (AvgIpc) is 2.71. The molecular weight excluding hydrogens is 387 g/mol. The van der Waals surface area contributed by atoms with E-state index in [0.29, 0.717) is 5.56 Å². The van der Waals surface area contributed by atoms with Crippen molar-refractivity contribution in [3.63, 3.8) is 0 Å². The molecule has 0 bridgehead atoms. The number of hydrogen-bond acceptors (Lipinski definition) is 4. The Balaban J connectivity index is 1.86. The number of rotatable bonds is 7. The van der Waals surface area contributed by atoms with E-state index >= 15 is 0 Å². The number of Topliss-reactive ketones (excluding diaryl/α,β-unsaturated/α-hetero) is 1. The number of esters is 1. The van der Waals surface area contributed by atoms with Crippen molar-refractivity contribution in [3.05, 3.63) is 70.8 Å². The van der Waals surface area contributed by atoms with Crippen LogP contribution >= 0.6 is 0 Å². The Bertz CT molecular complexity index is 874. The van der Waals surface area contributed by atoms with E-state index in [-0.39, 0.29) is 11.3 Å². The summed E-state index contributed by atoms with van der Waals surface area (Å²) in [6.45, 7) is 2.89. The third-order valence-corrected chi connectivity index (χ3v) is 4.19. The van der Waals surface area contributed by atoms with Crippen LogP contribution in [-0.4, -0.2) is 30.3 Å². The summed E-state index contributed by atoms with van der Waals surface area (Å²) in [6.07, 6.45) is -4.71. The second-order valence-electron chi connectivity index (χ2n) is 6.30. The normalized spacial score (nSPS) is 12.2. The van der Waals surface area contributed by atoms with Crippen LogP contribution in [0.5, 0.6) is 0 Å². The Morgan fingerprint density at radius 2 is 1.52 bits per heavy atom. The van der Waals surface area contributed by atoms with Crippen LogP contribution < -0.4 is 5.32 Å². The largest absolute Gasteiger partial charge is 0.453 e. The molecule has 1 N–H and O–H groups in total. The van der Waals surface area contributed by atoms with Gasteiger partial charge in [-0.3, -0.25) is 14.4 Å². The van der Waals surface area contributed by atoms with Gasteiger partial charge in [-0.25, -0.2) is 0 Å². The molecule has 2 aromatic rings. The van der Waals surface area contributed by atoms with Gasteiger partial charge in [-0.05, 0) is 43.2 Å². The quantitative estimate of drug-likeness (QED) is 0.560. The smallest absolute Gasteiger partial charge is 0.416 e. The maximum atomic E-state index is 12.5. The number of amides is 1. The third kappa shape index (κ3) is 6.17. The fourth-order valence-electron chi connectivity index (χ4n) is 2.50. The number of alkyl halides is 3. The number of ether oxygens (including phenoxy) is 1. The molecule has 0 spiro atoms. The summed E-state index contributed by atoms with van der Waals surface area (Å²) in [7, 11) is 0. The maximum absolute atomic E-state index is 12.5. The molecule has 2 aromatic carbocycles. The van der Waals surface area contributed by atoms with Crippen LogP contribution in [0.3, 0.4) is 0 Å². The highest BCUT2D eigenvalue weighted by Gasteiger charge is 2.30. The Kier molecular flexibility index (Phi) is 7.14. The molecule has 0 unspecified atom stereocenters. The first-order chi connectivity index (χ1) is 13.6. The van der Waals surface area contributed by atoms with Crippen molar-refractivity contribution in [2.24, 2.45) is 0 Å². The number of carbonyl (C=O) groups excluding carboxylic acids is 3. The topological polar surface area (TPSA) is 72.5 Å². The number of carbonyl (C=O) groups is 3. The van der Waals surface area contributed by atoms with E-state index in [1.165, 1.54) is 6.92 Å². The zero-order valence-electron chi connectivity index (χ0n) is 15.9. The van der Waals surface area contributed by atoms with E-state index in [1.807, 2.05) is 19.1 Å². The lowest BCUT2D eigenvalue weighted by atomic mass is 10.0. The first-order valence-electron chi connectivity index (χ1n) is 8.90. The van der Waals surface area contributed by atoms with Crippen LogP contribution in [0.15, 0.2) is 48.5 Å². The highest BCUT2D eigenvalue weighted by Crippen LogP contribution is 2.29. The standard InChI is InChI=1S/C21H20F3NO4/c1-3-14-4-6-15(7-5-14)19(27)13(2)29-18(26)12-25-20(28)16-8-10-17(11-9-16)21(22,23)24/h4-11,13H,3,12H2,1-2H3,(H,25,28)/t13-/m0/s1. The molecule has 1 amide bonds. The second kappa shape index (κ2) is 9.36. The minimum atomic E-state index is -4.50. The lowest BCUT2D eigenvalue weighted by molar-refractivity contribution is -0.145. The molecular formula is C21H20F3NO4. The highest BCUT2D eigenvalue weighted by atomic mass is 19.4. The van der Waals surface area contributed by atoms with E-state index in [4.69, 9.17) is 4.74 Å². The summed E-state index contributed by atoms with van der Waals surface area (Å²) in [5.41, 5.74) is 0.548. The summed E-state index contributed by atoms with van der Waals surface area (Å²) >= 11 is 0. The number of halogens is 3. The predicted molar refractivity (Wildman–Crippen MR) is 99.5 cm³/mol. The molecule has 0 aliphatic heterocycles. The van der Waals surface area contributed by atoms with Crippen molar-refractivity contribution < 1.29 is 32.3 Å². The lowest BCUT2D eigenvalue weighted by Crippen LogP contribution is -2.34. The zero-order chi connectivity index (χ0) is 21.6. The monoisotopic (exact) mass is 407 g/mol. The van der Waals surface area contributed by atoms with Crippen molar-refractivity contribution in [2.45, 2.75) is 32.5 Å². The first-order valence-corrected chi connectivity index (χ1v) is 8.90. The van der Waals surface area contributed by atoms with Gasteiger partial charge in [-0.2, -0.15) is 13.2 Å². The highest BCUT2D eigenvalue weighted by molar-refractivity contribution is 6.00. The molecule has 154 valence electrons. The van der Waals surface area contributed by atoms with Crippen molar-refractivity contribution >= 4 is 17.7 Å². The minimum Gasteiger partial charge on any atom is -0.453 e. The molecule has 0 heterocycles. The van der Waals surface area contributed by atoms with Crippen molar-refractivity contribution in [1.29, 1.82) is 0 Å². The second-order valence-corrected chi connectivity index (χ2v) is 6.30. The van der Waals surface area contributed by atoms with Gasteiger partial charge in [0.05, 0.1) is 5.56 Å². The number of aryl methyl sites for hydroxylation is 1. The van der Waals surface area contributed by atoms with Crippen LogP contribution in [0.1, 0.15) is 45.7 Å². The molecule has 0 saturated heterocycles. The van der Waals surface area contributed by atoms with E-state index in [0.717, 1.165) is 36.2 Å². The SMILES string of the molecule is CCc1ccc(C(=O)[C@H](C)OC(=O)CNC(=O)c2ccc(C(F)(F)F)cc2)cc1. The summed E-state index contributed by atoms with van der Waals surface area (Å²) in [6, 6.07) is 10.5.